The van der Waals surface area contributed by atoms with E-state index in [4.69, 9.17) is 5.73 Å². The number of anilines is 3. The molecule has 1 amide bonds. The van der Waals surface area contributed by atoms with E-state index in [0.717, 1.165) is 37.6 Å². The molecule has 0 aliphatic carbocycles. The predicted molar refractivity (Wildman–Crippen MR) is 122 cm³/mol. The van der Waals surface area contributed by atoms with Gasteiger partial charge in [0.25, 0.3) is 5.91 Å². The van der Waals surface area contributed by atoms with Crippen molar-refractivity contribution in [2.24, 2.45) is 7.05 Å². The Labute approximate surface area is 184 Å². The van der Waals surface area contributed by atoms with Crippen molar-refractivity contribution in [3.05, 3.63) is 47.0 Å². The maximum Gasteiger partial charge on any atom is 0.329 e. The van der Waals surface area contributed by atoms with Gasteiger partial charge in [-0.05, 0) is 30.3 Å². The molecular weight excluding hydrogens is 410 g/mol. The van der Waals surface area contributed by atoms with Crippen molar-refractivity contribution < 1.29 is 9.59 Å². The van der Waals surface area contributed by atoms with E-state index in [2.05, 4.69) is 20.1 Å². The number of aromatic nitrogens is 3. The van der Waals surface area contributed by atoms with Crippen LogP contribution in [0, 0.1) is 0 Å². The number of Topliss-reactive ketones (excluding diaryl/α,β-unsaturated/α-hetero) is 1. The molecule has 2 saturated heterocycles. The third-order valence-electron chi connectivity index (χ3n) is 6.34. The average molecular weight is 435 g/mol. The molecule has 32 heavy (non-hydrogen) atoms. The molecule has 0 radical (unpaired) electrons. The van der Waals surface area contributed by atoms with Gasteiger partial charge in [-0.15, -0.1) is 0 Å². The number of imidazole rings is 1. The number of hydrogen-bond donors (Lipinski definition) is 2. The second kappa shape index (κ2) is 7.70. The van der Waals surface area contributed by atoms with Crippen LogP contribution in [0.1, 0.15) is 12.5 Å². The molecule has 3 N–H and O–H groups in total. The molecule has 2 aliphatic heterocycles. The van der Waals surface area contributed by atoms with Gasteiger partial charge in [0.2, 0.25) is 0 Å². The van der Waals surface area contributed by atoms with Gasteiger partial charge in [0.15, 0.2) is 11.8 Å². The summed E-state index contributed by atoms with van der Waals surface area (Å²) in [6, 6.07) is 8.41. The Balaban J connectivity index is 1.42. The number of nitrogens with two attached hydrogens (primary N) is 1. The third kappa shape index (κ3) is 3.28. The quantitative estimate of drug-likeness (QED) is 0.567. The van der Waals surface area contributed by atoms with Crippen LogP contribution in [0.4, 0.5) is 17.2 Å². The highest BCUT2D eigenvalue weighted by Gasteiger charge is 2.34. The second-order valence-corrected chi connectivity index (χ2v) is 8.21. The topological polar surface area (TPSA) is 118 Å². The molecule has 10 nitrogen and oxygen atoms in total. The fourth-order valence-corrected chi connectivity index (χ4v) is 4.56. The molecule has 166 valence electrons. The van der Waals surface area contributed by atoms with E-state index >= 15 is 0 Å². The average Bonchev–Trinajstić information content (AvgIpc) is 3.04. The number of nitrogen functional groups attached to an aromatic ring is 1. The van der Waals surface area contributed by atoms with Crippen molar-refractivity contribution in [2.75, 3.05) is 48.3 Å². The van der Waals surface area contributed by atoms with Crippen molar-refractivity contribution in [1.82, 2.24) is 19.4 Å². The van der Waals surface area contributed by atoms with Crippen molar-refractivity contribution in [2.45, 2.75) is 12.5 Å². The molecule has 5 rings (SSSR count). The summed E-state index contributed by atoms with van der Waals surface area (Å²) in [4.78, 5) is 46.5. The summed E-state index contributed by atoms with van der Waals surface area (Å²) in [5, 5.41) is 2.69. The predicted octanol–water partition coefficient (Wildman–Crippen LogP) is 0.274. The van der Waals surface area contributed by atoms with Crippen molar-refractivity contribution in [3.8, 4) is 0 Å². The van der Waals surface area contributed by atoms with Crippen LogP contribution in [0.2, 0.25) is 0 Å². The largest absolute Gasteiger partial charge is 0.384 e. The number of amides is 1. The number of nitrogens with zero attached hydrogens (tertiary/aromatic N) is 5. The van der Waals surface area contributed by atoms with Crippen LogP contribution in [0.5, 0.6) is 0 Å². The lowest BCUT2D eigenvalue weighted by Crippen LogP contribution is -2.46. The summed E-state index contributed by atoms with van der Waals surface area (Å²) in [6.45, 7) is 3.61. The first kappa shape index (κ1) is 20.1. The van der Waals surface area contributed by atoms with E-state index in [1.807, 2.05) is 24.3 Å². The first-order valence-corrected chi connectivity index (χ1v) is 10.7. The first-order valence-electron chi connectivity index (χ1n) is 10.7. The van der Waals surface area contributed by atoms with E-state index in [-0.39, 0.29) is 17.9 Å². The first-order chi connectivity index (χ1) is 15.4. The van der Waals surface area contributed by atoms with Crippen LogP contribution in [0.25, 0.3) is 11.0 Å². The van der Waals surface area contributed by atoms with Crippen LogP contribution < -0.4 is 26.5 Å². The second-order valence-electron chi connectivity index (χ2n) is 8.21. The fraction of sp³-hybridized carbons (Fsp3) is 0.364. The van der Waals surface area contributed by atoms with E-state index in [9.17, 15) is 14.4 Å². The molecular formula is C22H25N7O3. The normalized spacial score (nSPS) is 19.5. The number of carbonyl (C=O) groups is 2. The number of aryl methyl sites for hydroxylation is 1. The highest BCUT2D eigenvalue weighted by molar-refractivity contribution is 6.06. The molecule has 0 bridgehead atoms. The van der Waals surface area contributed by atoms with Gasteiger partial charge < -0.3 is 20.9 Å². The lowest BCUT2D eigenvalue weighted by Gasteiger charge is -2.37. The van der Waals surface area contributed by atoms with Crippen molar-refractivity contribution >= 4 is 39.9 Å². The minimum Gasteiger partial charge on any atom is -0.384 e. The Morgan fingerprint density at radius 2 is 1.66 bits per heavy atom. The molecule has 0 spiro atoms. The van der Waals surface area contributed by atoms with Crippen LogP contribution in [0.3, 0.4) is 0 Å². The maximum absolute atomic E-state index is 12.9. The Kier molecular flexibility index (Phi) is 4.84. The SMILES string of the molecule is Cn1c(=O)n(C2C(=O)CCNC2=O)c2ccc(N3CCN(c4ccc(N)nc4)CC3)cc21. The third-order valence-corrected chi connectivity index (χ3v) is 6.34. The van der Waals surface area contributed by atoms with E-state index < -0.39 is 11.9 Å². The molecule has 10 heteroatoms. The monoisotopic (exact) mass is 435 g/mol. The Morgan fingerprint density at radius 1 is 0.969 bits per heavy atom. The summed E-state index contributed by atoms with van der Waals surface area (Å²) in [5.74, 6) is -0.153. The molecule has 0 saturated carbocycles. The van der Waals surface area contributed by atoms with E-state index in [1.165, 1.54) is 9.13 Å². The molecule has 1 aromatic carbocycles. The van der Waals surface area contributed by atoms with E-state index in [0.29, 0.717) is 23.4 Å². The maximum atomic E-state index is 12.9. The van der Waals surface area contributed by atoms with Crippen molar-refractivity contribution in [3.63, 3.8) is 0 Å². The van der Waals surface area contributed by atoms with Crippen LogP contribution in [-0.4, -0.2) is 58.5 Å². The fourth-order valence-electron chi connectivity index (χ4n) is 4.56. The summed E-state index contributed by atoms with van der Waals surface area (Å²) in [5.41, 5.74) is 8.64. The van der Waals surface area contributed by atoms with Gasteiger partial charge in [-0.1, -0.05) is 0 Å². The van der Waals surface area contributed by atoms with Gasteiger partial charge in [0.05, 0.1) is 22.9 Å². The minimum absolute atomic E-state index is 0.227. The zero-order valence-electron chi connectivity index (χ0n) is 17.8. The smallest absolute Gasteiger partial charge is 0.329 e. The zero-order chi connectivity index (χ0) is 22.4. The Morgan fingerprint density at radius 3 is 2.31 bits per heavy atom. The Hall–Kier alpha value is -3.82. The molecule has 1 atom stereocenters. The number of ketones is 1. The van der Waals surface area contributed by atoms with Gasteiger partial charge in [-0.25, -0.2) is 9.78 Å². The minimum atomic E-state index is -1.11. The highest BCUT2D eigenvalue weighted by Crippen LogP contribution is 2.26. The molecule has 4 heterocycles. The van der Waals surface area contributed by atoms with E-state index in [1.54, 1.807) is 19.3 Å². The highest BCUT2D eigenvalue weighted by atomic mass is 16.2. The summed E-state index contributed by atoms with van der Waals surface area (Å²) in [7, 11) is 1.67. The molecule has 1 unspecified atom stereocenters. The number of piperazine rings is 1. The number of benzene rings is 1. The van der Waals surface area contributed by atoms with Crippen molar-refractivity contribution in [1.29, 1.82) is 0 Å². The van der Waals surface area contributed by atoms with Gasteiger partial charge in [0, 0.05) is 51.9 Å². The van der Waals surface area contributed by atoms with Gasteiger partial charge in [0.1, 0.15) is 5.82 Å². The summed E-state index contributed by atoms with van der Waals surface area (Å²) >= 11 is 0. The molecule has 2 aromatic heterocycles. The number of hydrogen-bond acceptors (Lipinski definition) is 7. The molecule has 2 aliphatic rings. The van der Waals surface area contributed by atoms with Crippen LogP contribution in [-0.2, 0) is 16.6 Å². The number of piperidine rings is 1. The number of fused-ring (bicyclic) bond motifs is 1. The summed E-state index contributed by atoms with van der Waals surface area (Å²) < 4.78 is 2.83. The number of carbonyl (C=O) groups excluding carboxylic acids is 2. The lowest BCUT2D eigenvalue weighted by molar-refractivity contribution is -0.135. The molecule has 3 aromatic rings. The van der Waals surface area contributed by atoms with Gasteiger partial charge in [-0.3, -0.25) is 18.7 Å². The number of pyridine rings is 1. The standard InChI is InChI=1S/C22H25N7O3/c1-26-17-12-14(27-8-10-28(11-9-27)15-3-5-19(23)25-13-15)2-4-16(17)29(22(26)32)20-18(30)6-7-24-21(20)31/h2-5,12-13,20H,6-11H2,1H3,(H2,23,25)(H,24,31). The number of rotatable bonds is 3. The van der Waals surface area contributed by atoms with Crippen LogP contribution >= 0.6 is 0 Å². The lowest BCUT2D eigenvalue weighted by atomic mass is 10.0. The molecule has 2 fully saturated rings. The Bertz CT molecular complexity index is 1240. The zero-order valence-corrected chi connectivity index (χ0v) is 17.8. The number of nitrogens with one attached hydrogen (secondary N) is 1. The van der Waals surface area contributed by atoms with Crippen LogP contribution in [0.15, 0.2) is 41.3 Å². The van der Waals surface area contributed by atoms with Gasteiger partial charge >= 0.3 is 5.69 Å². The van der Waals surface area contributed by atoms with Gasteiger partial charge in [-0.2, -0.15) is 0 Å². The summed E-state index contributed by atoms with van der Waals surface area (Å²) in [6.07, 6.45) is 2.02.